The minimum absolute atomic E-state index is 0.353. The van der Waals surface area contributed by atoms with Gasteiger partial charge in [0.05, 0.1) is 40.2 Å². The van der Waals surface area contributed by atoms with Crippen molar-refractivity contribution in [2.45, 2.75) is 6.92 Å². The summed E-state index contributed by atoms with van der Waals surface area (Å²) in [6.45, 7) is 1.84. The molecule has 1 N–H and O–H groups in total. The van der Waals surface area contributed by atoms with Crippen LogP contribution in [0.3, 0.4) is 0 Å². The second-order valence-electron chi connectivity index (χ2n) is 7.77. The lowest BCUT2D eigenvalue weighted by Gasteiger charge is -2.13. The number of fused-ring (bicyclic) bond motifs is 1. The van der Waals surface area contributed by atoms with Crippen molar-refractivity contribution in [3.63, 3.8) is 0 Å². The number of aromatic nitrogens is 3. The summed E-state index contributed by atoms with van der Waals surface area (Å²) in [7, 11) is 1.55. The number of carbonyl (C=O) groups is 1. The highest BCUT2D eigenvalue weighted by Crippen LogP contribution is 2.34. The monoisotopic (exact) mass is 477 g/mol. The summed E-state index contributed by atoms with van der Waals surface area (Å²) in [5, 5.41) is 12.7. The Morgan fingerprint density at radius 1 is 1.03 bits per heavy atom. The van der Waals surface area contributed by atoms with E-state index in [2.05, 4.69) is 26.3 Å². The summed E-state index contributed by atoms with van der Waals surface area (Å²) < 4.78 is 6.37. The minimum Gasteiger partial charge on any atom is -0.496 e. The first-order valence-electron chi connectivity index (χ1n) is 10.7. The topological polar surface area (TPSA) is 101 Å². The van der Waals surface area contributed by atoms with Gasteiger partial charge in [0, 0.05) is 34.8 Å². The Labute approximate surface area is 205 Å². The summed E-state index contributed by atoms with van der Waals surface area (Å²) in [4.78, 5) is 26.8. The number of nitrogens with one attached hydrogen (secondary N) is 1. The molecule has 0 saturated heterocycles. The Balaban J connectivity index is 1.50. The first-order chi connectivity index (χ1) is 17.1. The molecule has 0 bridgehead atoms. The predicted molar refractivity (Wildman–Crippen MR) is 136 cm³/mol. The molecule has 2 aromatic carbocycles. The Morgan fingerprint density at radius 3 is 2.63 bits per heavy atom. The van der Waals surface area contributed by atoms with E-state index in [-0.39, 0.29) is 5.91 Å². The average molecular weight is 478 g/mol. The molecule has 7 nitrogen and oxygen atoms in total. The van der Waals surface area contributed by atoms with Crippen molar-refractivity contribution in [1.29, 1.82) is 5.26 Å². The highest BCUT2D eigenvalue weighted by molar-refractivity contribution is 7.22. The van der Waals surface area contributed by atoms with Gasteiger partial charge in [-0.1, -0.05) is 41.7 Å². The number of rotatable bonds is 5. The number of pyridine rings is 2. The maximum atomic E-state index is 13.3. The molecule has 0 aliphatic heterocycles. The van der Waals surface area contributed by atoms with Gasteiger partial charge < -0.3 is 4.74 Å². The number of ether oxygens (including phenoxy) is 1. The number of benzene rings is 2. The molecule has 35 heavy (non-hydrogen) atoms. The average Bonchev–Trinajstić information content (AvgIpc) is 3.30. The number of carbonyl (C=O) groups excluding carboxylic acids is 1. The molecule has 3 aromatic heterocycles. The number of amides is 1. The molecule has 0 radical (unpaired) electrons. The summed E-state index contributed by atoms with van der Waals surface area (Å²) >= 11 is 1.35. The van der Waals surface area contributed by atoms with Gasteiger partial charge in [-0.2, -0.15) is 5.26 Å². The number of anilines is 1. The van der Waals surface area contributed by atoms with E-state index in [1.165, 1.54) is 17.5 Å². The second kappa shape index (κ2) is 9.33. The van der Waals surface area contributed by atoms with Crippen molar-refractivity contribution >= 4 is 32.6 Å². The maximum Gasteiger partial charge on any atom is 0.259 e. The molecule has 0 aliphatic carbocycles. The van der Waals surface area contributed by atoms with Gasteiger partial charge in [0.1, 0.15) is 5.75 Å². The van der Waals surface area contributed by atoms with Gasteiger partial charge in [0.15, 0.2) is 5.13 Å². The summed E-state index contributed by atoms with van der Waals surface area (Å²) in [6, 6.07) is 20.8. The van der Waals surface area contributed by atoms with Gasteiger partial charge >= 0.3 is 0 Å². The van der Waals surface area contributed by atoms with Crippen molar-refractivity contribution in [3.8, 4) is 34.2 Å². The van der Waals surface area contributed by atoms with Gasteiger partial charge in [0.2, 0.25) is 0 Å². The first kappa shape index (κ1) is 22.2. The van der Waals surface area contributed by atoms with Crippen molar-refractivity contribution in [2.24, 2.45) is 0 Å². The van der Waals surface area contributed by atoms with Gasteiger partial charge in [0.25, 0.3) is 5.91 Å². The Kier molecular flexibility index (Phi) is 5.92. The van der Waals surface area contributed by atoms with E-state index < -0.39 is 0 Å². The highest BCUT2D eigenvalue weighted by Gasteiger charge is 2.19. The lowest BCUT2D eigenvalue weighted by atomic mass is 9.97. The third kappa shape index (κ3) is 4.45. The minimum atomic E-state index is -0.354. The summed E-state index contributed by atoms with van der Waals surface area (Å²) in [5.41, 5.74) is 5.39. The van der Waals surface area contributed by atoms with Crippen molar-refractivity contribution in [1.82, 2.24) is 15.0 Å². The molecular weight excluding hydrogens is 458 g/mol. The van der Waals surface area contributed by atoms with Gasteiger partial charge in [-0.15, -0.1) is 0 Å². The Morgan fingerprint density at radius 2 is 1.86 bits per heavy atom. The largest absolute Gasteiger partial charge is 0.496 e. The zero-order valence-electron chi connectivity index (χ0n) is 18.9. The second-order valence-corrected chi connectivity index (χ2v) is 8.81. The van der Waals surface area contributed by atoms with Crippen LogP contribution in [0, 0.1) is 18.3 Å². The first-order valence-corrected chi connectivity index (χ1v) is 11.6. The summed E-state index contributed by atoms with van der Waals surface area (Å²) in [6.07, 6.45) is 3.29. The zero-order valence-corrected chi connectivity index (χ0v) is 19.8. The maximum absolute atomic E-state index is 13.3. The third-order valence-electron chi connectivity index (χ3n) is 5.47. The van der Waals surface area contributed by atoms with E-state index in [0.717, 1.165) is 27.2 Å². The van der Waals surface area contributed by atoms with Crippen molar-refractivity contribution in [3.05, 3.63) is 89.9 Å². The van der Waals surface area contributed by atoms with Gasteiger partial charge in [-0.25, -0.2) is 4.98 Å². The molecule has 3 heterocycles. The van der Waals surface area contributed by atoms with E-state index in [1.807, 2.05) is 49.4 Å². The molecule has 1 amide bonds. The van der Waals surface area contributed by atoms with E-state index >= 15 is 0 Å². The van der Waals surface area contributed by atoms with Crippen LogP contribution in [0.1, 0.15) is 21.6 Å². The molecule has 8 heteroatoms. The molecule has 0 atom stereocenters. The van der Waals surface area contributed by atoms with Crippen LogP contribution in [-0.4, -0.2) is 28.0 Å². The number of nitriles is 1. The molecule has 0 saturated carbocycles. The Hall–Kier alpha value is -4.61. The zero-order chi connectivity index (χ0) is 24.4. The molecule has 5 rings (SSSR count). The highest BCUT2D eigenvalue weighted by atomic mass is 32.1. The van der Waals surface area contributed by atoms with Crippen LogP contribution < -0.4 is 10.1 Å². The fraction of sp³-hybridized carbons (Fsp3) is 0.0741. The predicted octanol–water partition coefficient (Wildman–Crippen LogP) is 5.86. The van der Waals surface area contributed by atoms with Crippen LogP contribution in [0.4, 0.5) is 5.13 Å². The van der Waals surface area contributed by atoms with E-state index in [9.17, 15) is 10.1 Å². The number of nitrogens with zero attached hydrogens (tertiary/aromatic N) is 4. The fourth-order valence-electron chi connectivity index (χ4n) is 3.77. The lowest BCUT2D eigenvalue weighted by Crippen LogP contribution is -2.14. The van der Waals surface area contributed by atoms with Crippen LogP contribution in [0.2, 0.25) is 0 Å². The third-order valence-corrected chi connectivity index (χ3v) is 6.39. The molecule has 0 fully saturated rings. The van der Waals surface area contributed by atoms with E-state index in [1.54, 1.807) is 31.5 Å². The van der Waals surface area contributed by atoms with Crippen LogP contribution in [0.15, 0.2) is 73.1 Å². The van der Waals surface area contributed by atoms with E-state index in [4.69, 9.17) is 4.74 Å². The Bertz CT molecular complexity index is 1610. The normalized spacial score (nSPS) is 10.7. The standard InChI is InChI=1S/C27H19N5O2S/c1-16-10-19(20-11-17(13-28)8-9-24(20)34-2)21(14-29-16)26(33)32-27-31-23-12-22(30-15-25(23)35-27)18-6-4-3-5-7-18/h3-12,14-15H,1-2H3,(H,31,32,33). The van der Waals surface area contributed by atoms with Gasteiger partial charge in [-0.3, -0.25) is 20.1 Å². The van der Waals surface area contributed by atoms with Crippen LogP contribution in [0.25, 0.3) is 32.6 Å². The van der Waals surface area contributed by atoms with Crippen molar-refractivity contribution in [2.75, 3.05) is 12.4 Å². The smallest absolute Gasteiger partial charge is 0.259 e. The summed E-state index contributed by atoms with van der Waals surface area (Å²) in [5.74, 6) is 0.204. The molecule has 0 unspecified atom stereocenters. The molecule has 170 valence electrons. The van der Waals surface area contributed by atoms with Crippen LogP contribution >= 0.6 is 11.3 Å². The molecule has 0 aliphatic rings. The molecular formula is C27H19N5O2S. The van der Waals surface area contributed by atoms with Gasteiger partial charge in [-0.05, 0) is 37.3 Å². The SMILES string of the molecule is COc1ccc(C#N)cc1-c1cc(C)ncc1C(=O)Nc1nc2cc(-c3ccccc3)ncc2s1. The fourth-order valence-corrected chi connectivity index (χ4v) is 4.58. The van der Waals surface area contributed by atoms with Crippen LogP contribution in [0.5, 0.6) is 5.75 Å². The number of hydrogen-bond donors (Lipinski definition) is 1. The van der Waals surface area contributed by atoms with Crippen molar-refractivity contribution < 1.29 is 9.53 Å². The number of aryl methyl sites for hydroxylation is 1. The lowest BCUT2D eigenvalue weighted by molar-refractivity contribution is 0.102. The quantitative estimate of drug-likeness (QED) is 0.340. The number of thiazole rings is 1. The number of hydrogen-bond acceptors (Lipinski definition) is 7. The molecule has 5 aromatic rings. The molecule has 0 spiro atoms. The number of methoxy groups -OCH3 is 1. The van der Waals surface area contributed by atoms with Crippen LogP contribution in [-0.2, 0) is 0 Å². The van der Waals surface area contributed by atoms with E-state index in [0.29, 0.717) is 33.1 Å².